The van der Waals surface area contributed by atoms with Crippen molar-refractivity contribution in [3.05, 3.63) is 89.0 Å². The second-order valence-corrected chi connectivity index (χ2v) is 8.25. The number of alkyl carbamates (subject to hydrolysis) is 1. The van der Waals surface area contributed by atoms with Crippen LogP contribution in [-0.2, 0) is 9.53 Å². The fraction of sp³-hybridized carbons (Fsp3) is 0.222. The van der Waals surface area contributed by atoms with Gasteiger partial charge < -0.3 is 20.5 Å². The summed E-state index contributed by atoms with van der Waals surface area (Å²) in [4.78, 5) is 36.4. The molecule has 0 aliphatic heterocycles. The van der Waals surface area contributed by atoms with Crippen LogP contribution in [0.2, 0.25) is 0 Å². The Morgan fingerprint density at radius 2 is 1.59 bits per heavy atom. The molecule has 0 radical (unpaired) electrons. The van der Waals surface area contributed by atoms with Crippen LogP contribution in [0.25, 0.3) is 11.1 Å². The number of anilines is 1. The molecule has 4 rings (SSSR count). The molecular weight excluding hydrogens is 432 g/mol. The van der Waals surface area contributed by atoms with E-state index in [-0.39, 0.29) is 18.1 Å². The zero-order valence-electron chi connectivity index (χ0n) is 19.0. The zero-order valence-corrected chi connectivity index (χ0v) is 19.0. The maximum atomic E-state index is 12.7. The van der Waals surface area contributed by atoms with Crippen molar-refractivity contribution in [3.63, 3.8) is 0 Å². The van der Waals surface area contributed by atoms with E-state index >= 15 is 0 Å². The quantitative estimate of drug-likeness (QED) is 0.465. The number of rotatable bonds is 7. The van der Waals surface area contributed by atoms with Gasteiger partial charge in [0.15, 0.2) is 0 Å². The third-order valence-electron chi connectivity index (χ3n) is 6.09. The molecule has 2 amide bonds. The maximum Gasteiger partial charge on any atom is 0.407 e. The van der Waals surface area contributed by atoms with E-state index in [9.17, 15) is 14.4 Å². The van der Waals surface area contributed by atoms with Gasteiger partial charge in [-0.3, -0.25) is 4.79 Å². The van der Waals surface area contributed by atoms with Gasteiger partial charge in [-0.1, -0.05) is 55.5 Å². The van der Waals surface area contributed by atoms with Gasteiger partial charge in [0.05, 0.1) is 5.56 Å². The van der Waals surface area contributed by atoms with Gasteiger partial charge in [0, 0.05) is 11.6 Å². The van der Waals surface area contributed by atoms with Crippen molar-refractivity contribution in [3.8, 4) is 11.1 Å². The third-order valence-corrected chi connectivity index (χ3v) is 6.09. The zero-order chi connectivity index (χ0) is 24.2. The smallest absolute Gasteiger partial charge is 0.407 e. The van der Waals surface area contributed by atoms with Gasteiger partial charge in [0.25, 0.3) is 0 Å². The van der Waals surface area contributed by atoms with E-state index in [2.05, 4.69) is 22.8 Å². The molecule has 3 aromatic rings. The highest BCUT2D eigenvalue weighted by Gasteiger charge is 2.29. The van der Waals surface area contributed by atoms with E-state index in [1.54, 1.807) is 13.8 Å². The fourth-order valence-corrected chi connectivity index (χ4v) is 4.29. The molecule has 0 unspecified atom stereocenters. The van der Waals surface area contributed by atoms with Crippen molar-refractivity contribution in [1.29, 1.82) is 0 Å². The SMILES string of the molecule is CC[C@@H](NC(=O)OCC1c2ccccc2-c2ccccc21)C(=O)Nc1ccc(C(=O)O)cc1C. The Hall–Kier alpha value is -4.13. The number of hydrogen-bond acceptors (Lipinski definition) is 4. The Balaban J connectivity index is 1.39. The lowest BCUT2D eigenvalue weighted by Gasteiger charge is -2.19. The van der Waals surface area contributed by atoms with Crippen LogP contribution in [0.5, 0.6) is 0 Å². The Bertz CT molecular complexity index is 1210. The number of carbonyl (C=O) groups is 3. The molecule has 0 heterocycles. The number of fused-ring (bicyclic) bond motifs is 3. The molecule has 0 fully saturated rings. The summed E-state index contributed by atoms with van der Waals surface area (Å²) in [7, 11) is 0. The molecule has 1 aliphatic carbocycles. The van der Waals surface area contributed by atoms with Gasteiger partial charge >= 0.3 is 12.1 Å². The number of aryl methyl sites for hydroxylation is 1. The minimum Gasteiger partial charge on any atom is -0.478 e. The molecule has 7 heteroatoms. The highest BCUT2D eigenvalue weighted by atomic mass is 16.5. The van der Waals surface area contributed by atoms with Crippen LogP contribution < -0.4 is 10.6 Å². The van der Waals surface area contributed by atoms with Crippen LogP contribution in [-0.4, -0.2) is 35.7 Å². The second-order valence-electron chi connectivity index (χ2n) is 8.25. The summed E-state index contributed by atoms with van der Waals surface area (Å²) in [5.74, 6) is -1.51. The lowest BCUT2D eigenvalue weighted by atomic mass is 9.98. The van der Waals surface area contributed by atoms with E-state index in [4.69, 9.17) is 9.84 Å². The number of ether oxygens (including phenoxy) is 1. The van der Waals surface area contributed by atoms with Crippen molar-refractivity contribution in [2.24, 2.45) is 0 Å². The van der Waals surface area contributed by atoms with E-state index in [1.165, 1.54) is 18.2 Å². The predicted octanol–water partition coefficient (Wildman–Crippen LogP) is 4.95. The van der Waals surface area contributed by atoms with E-state index in [1.807, 2.05) is 36.4 Å². The molecule has 174 valence electrons. The summed E-state index contributed by atoms with van der Waals surface area (Å²) < 4.78 is 5.54. The largest absolute Gasteiger partial charge is 0.478 e. The summed E-state index contributed by atoms with van der Waals surface area (Å²) in [6.07, 6.45) is -0.302. The molecule has 0 aromatic heterocycles. The van der Waals surface area contributed by atoms with Crippen molar-refractivity contribution >= 4 is 23.7 Å². The average molecular weight is 459 g/mol. The first-order chi connectivity index (χ1) is 16.4. The van der Waals surface area contributed by atoms with Crippen LogP contribution in [0.3, 0.4) is 0 Å². The van der Waals surface area contributed by atoms with Gasteiger partial charge in [-0.15, -0.1) is 0 Å². The number of amides is 2. The maximum absolute atomic E-state index is 12.7. The lowest BCUT2D eigenvalue weighted by molar-refractivity contribution is -0.118. The molecule has 0 saturated carbocycles. The lowest BCUT2D eigenvalue weighted by Crippen LogP contribution is -2.44. The summed E-state index contributed by atoms with van der Waals surface area (Å²) in [6.45, 7) is 3.66. The molecule has 0 saturated heterocycles. The molecular formula is C27H26N2O5. The summed E-state index contributed by atoms with van der Waals surface area (Å²) >= 11 is 0. The Morgan fingerprint density at radius 3 is 2.15 bits per heavy atom. The number of carboxylic acids is 1. The Morgan fingerprint density at radius 1 is 0.971 bits per heavy atom. The summed E-state index contributed by atoms with van der Waals surface area (Å²) in [5.41, 5.74) is 5.75. The molecule has 7 nitrogen and oxygen atoms in total. The normalized spacial score (nSPS) is 12.9. The van der Waals surface area contributed by atoms with Crippen LogP contribution in [0.15, 0.2) is 66.7 Å². The van der Waals surface area contributed by atoms with Gasteiger partial charge in [-0.2, -0.15) is 0 Å². The Kier molecular flexibility index (Phi) is 6.63. The van der Waals surface area contributed by atoms with E-state index in [0.717, 1.165) is 22.3 Å². The Labute approximate surface area is 197 Å². The molecule has 0 spiro atoms. The average Bonchev–Trinajstić information content (AvgIpc) is 3.16. The van der Waals surface area contributed by atoms with Crippen molar-refractivity contribution in [2.75, 3.05) is 11.9 Å². The van der Waals surface area contributed by atoms with Crippen LogP contribution >= 0.6 is 0 Å². The van der Waals surface area contributed by atoms with Crippen molar-refractivity contribution < 1.29 is 24.2 Å². The molecule has 1 atom stereocenters. The highest BCUT2D eigenvalue weighted by Crippen LogP contribution is 2.44. The van der Waals surface area contributed by atoms with Crippen molar-refractivity contribution in [2.45, 2.75) is 32.2 Å². The molecule has 3 aromatic carbocycles. The number of carboxylic acid groups (broad SMARTS) is 1. The standard InChI is InChI=1S/C27H26N2O5/c1-3-23(25(30)28-24-13-12-17(26(31)32)14-16(24)2)29-27(33)34-15-22-20-10-6-4-8-18(20)19-9-5-7-11-21(19)22/h4-14,22-23H,3,15H2,1-2H3,(H,28,30)(H,29,33)(H,31,32)/t23-/m1/s1. The van der Waals surface area contributed by atoms with Crippen LogP contribution in [0.4, 0.5) is 10.5 Å². The minimum absolute atomic E-state index is 0.0672. The van der Waals surface area contributed by atoms with Gasteiger partial charge in [-0.05, 0) is 59.4 Å². The molecule has 1 aliphatic rings. The predicted molar refractivity (Wildman–Crippen MR) is 129 cm³/mol. The van der Waals surface area contributed by atoms with E-state index in [0.29, 0.717) is 17.7 Å². The first kappa shape index (κ1) is 23.0. The minimum atomic E-state index is -1.04. The number of benzene rings is 3. The van der Waals surface area contributed by atoms with Gasteiger partial charge in [-0.25, -0.2) is 9.59 Å². The van der Waals surface area contributed by atoms with E-state index < -0.39 is 24.0 Å². The summed E-state index contributed by atoms with van der Waals surface area (Å²) in [5, 5.41) is 14.5. The van der Waals surface area contributed by atoms with Crippen molar-refractivity contribution in [1.82, 2.24) is 5.32 Å². The second kappa shape index (κ2) is 9.79. The number of carbonyl (C=O) groups excluding carboxylic acids is 2. The van der Waals surface area contributed by atoms with Crippen LogP contribution in [0.1, 0.15) is 46.3 Å². The monoisotopic (exact) mass is 458 g/mol. The number of hydrogen-bond donors (Lipinski definition) is 3. The molecule has 34 heavy (non-hydrogen) atoms. The topological polar surface area (TPSA) is 105 Å². The first-order valence-corrected chi connectivity index (χ1v) is 11.1. The fourth-order valence-electron chi connectivity index (χ4n) is 4.29. The third kappa shape index (κ3) is 4.64. The number of nitrogens with one attached hydrogen (secondary N) is 2. The van der Waals surface area contributed by atoms with Gasteiger partial charge in [0.1, 0.15) is 12.6 Å². The summed E-state index contributed by atoms with van der Waals surface area (Å²) in [6, 6.07) is 19.8. The first-order valence-electron chi connectivity index (χ1n) is 11.1. The van der Waals surface area contributed by atoms with Gasteiger partial charge in [0.2, 0.25) is 5.91 Å². The van der Waals surface area contributed by atoms with Crippen LogP contribution in [0, 0.1) is 6.92 Å². The number of aromatic carboxylic acids is 1. The molecule has 3 N–H and O–H groups in total. The molecule has 0 bridgehead atoms. The highest BCUT2D eigenvalue weighted by molar-refractivity contribution is 5.98.